The van der Waals surface area contributed by atoms with Crippen LogP contribution in [0, 0.1) is 0 Å². The number of aromatic amines is 1. The highest BCUT2D eigenvalue weighted by Gasteiger charge is 2.15. The Hall–Kier alpha value is -2.90. The van der Waals surface area contributed by atoms with E-state index in [-0.39, 0.29) is 28.3 Å². The van der Waals surface area contributed by atoms with Crippen molar-refractivity contribution < 1.29 is 9.59 Å². The molecule has 0 spiro atoms. The number of thioether (sulfide) groups is 2. The Morgan fingerprint density at radius 2 is 1.93 bits per heavy atom. The monoisotopic (exact) mass is 463 g/mol. The highest BCUT2D eigenvalue weighted by Crippen LogP contribution is 2.25. The van der Waals surface area contributed by atoms with Crippen LogP contribution in [0.1, 0.15) is 17.3 Å². The molecule has 156 valence electrons. The van der Waals surface area contributed by atoms with Gasteiger partial charge < -0.3 is 11.1 Å². The van der Waals surface area contributed by atoms with Gasteiger partial charge in [0, 0.05) is 5.56 Å². The average molecular weight is 464 g/mol. The Balaban J connectivity index is 1.60. The summed E-state index contributed by atoms with van der Waals surface area (Å²) in [7, 11) is 0. The maximum atomic E-state index is 12.3. The number of anilines is 3. The second-order valence-electron chi connectivity index (χ2n) is 5.59. The molecule has 0 saturated carbocycles. The van der Waals surface area contributed by atoms with Gasteiger partial charge in [-0.3, -0.25) is 24.7 Å². The molecule has 0 aliphatic rings. The van der Waals surface area contributed by atoms with Gasteiger partial charge >= 0.3 is 0 Å². The molecule has 0 aliphatic heterocycles. The molecule has 1 aromatic carbocycles. The first kappa shape index (κ1) is 21.8. The molecule has 2 aromatic heterocycles. The van der Waals surface area contributed by atoms with Gasteiger partial charge in [0.2, 0.25) is 11.0 Å². The van der Waals surface area contributed by atoms with E-state index < -0.39 is 11.5 Å². The largest absolute Gasteiger partial charge is 0.382 e. The number of carbonyl (C=O) groups excluding carboxylic acids is 2. The second kappa shape index (κ2) is 10.2. The van der Waals surface area contributed by atoms with E-state index in [1.165, 1.54) is 23.1 Å². The number of aromatic nitrogens is 4. The first-order chi connectivity index (χ1) is 14.5. The van der Waals surface area contributed by atoms with Crippen LogP contribution in [0.25, 0.3) is 0 Å². The van der Waals surface area contributed by atoms with E-state index in [0.29, 0.717) is 10.7 Å². The number of nitrogen functional groups attached to an aromatic ring is 1. The van der Waals surface area contributed by atoms with Gasteiger partial charge in [0.1, 0.15) is 5.69 Å². The second-order valence-corrected chi connectivity index (χ2v) is 9.05. The Kier molecular flexibility index (Phi) is 7.43. The van der Waals surface area contributed by atoms with Gasteiger partial charge in [0.25, 0.3) is 11.5 Å². The van der Waals surface area contributed by atoms with Crippen LogP contribution in [-0.2, 0) is 4.79 Å². The summed E-state index contributed by atoms with van der Waals surface area (Å²) in [5, 5.41) is 13.5. The fourth-order valence-corrected chi connectivity index (χ4v) is 4.50. The molecule has 10 nitrogen and oxygen atoms in total. The quantitative estimate of drug-likeness (QED) is 0.224. The van der Waals surface area contributed by atoms with Crippen LogP contribution in [0.15, 0.2) is 44.6 Å². The van der Waals surface area contributed by atoms with Gasteiger partial charge in [0.15, 0.2) is 15.3 Å². The van der Waals surface area contributed by atoms with Crippen molar-refractivity contribution in [3.63, 3.8) is 0 Å². The van der Waals surface area contributed by atoms with Crippen molar-refractivity contribution in [2.45, 2.75) is 16.4 Å². The molecule has 5 N–H and O–H groups in total. The molecule has 30 heavy (non-hydrogen) atoms. The van der Waals surface area contributed by atoms with Crippen LogP contribution in [0.4, 0.5) is 16.6 Å². The zero-order valence-electron chi connectivity index (χ0n) is 15.7. The van der Waals surface area contributed by atoms with Crippen molar-refractivity contribution in [3.05, 3.63) is 46.2 Å². The highest BCUT2D eigenvalue weighted by molar-refractivity contribution is 8.01. The lowest BCUT2D eigenvalue weighted by Gasteiger charge is -2.08. The molecule has 0 unspecified atom stereocenters. The van der Waals surface area contributed by atoms with Crippen LogP contribution in [-0.4, -0.2) is 43.5 Å². The summed E-state index contributed by atoms with van der Waals surface area (Å²) in [6.45, 7) is 2.00. The summed E-state index contributed by atoms with van der Waals surface area (Å²) in [4.78, 5) is 43.2. The van der Waals surface area contributed by atoms with Crippen LogP contribution >= 0.6 is 34.9 Å². The minimum absolute atomic E-state index is 0.0199. The molecule has 2 amide bonds. The summed E-state index contributed by atoms with van der Waals surface area (Å²) in [5.41, 5.74) is 5.45. The number of rotatable bonds is 8. The van der Waals surface area contributed by atoms with Gasteiger partial charge in [0.05, 0.1) is 5.75 Å². The molecule has 2 heterocycles. The highest BCUT2D eigenvalue weighted by atomic mass is 32.2. The summed E-state index contributed by atoms with van der Waals surface area (Å²) in [6.07, 6.45) is 0. The molecule has 0 aliphatic carbocycles. The van der Waals surface area contributed by atoms with Crippen LogP contribution in [0.5, 0.6) is 0 Å². The lowest BCUT2D eigenvalue weighted by molar-refractivity contribution is -0.113. The number of hydrogen-bond donors (Lipinski definition) is 4. The number of nitrogens with one attached hydrogen (secondary N) is 3. The standard InChI is InChI=1S/C17H17N7O3S3/c1-2-28-17-24-23-16(30-17)19-10(25)8-29-15-21-12(18)11(14(27)22-15)20-13(26)9-6-4-3-5-7-9/h3-7H,2,8H2,1H3,(H,20,26)(H,19,23,25)(H3,18,21,22,27). The normalized spacial score (nSPS) is 10.6. The number of amides is 2. The Morgan fingerprint density at radius 3 is 2.63 bits per heavy atom. The number of H-pyrrole nitrogens is 1. The van der Waals surface area contributed by atoms with Crippen molar-refractivity contribution in [1.82, 2.24) is 20.2 Å². The first-order valence-electron chi connectivity index (χ1n) is 8.61. The van der Waals surface area contributed by atoms with E-state index in [0.717, 1.165) is 21.9 Å². The summed E-state index contributed by atoms with van der Waals surface area (Å²) in [6, 6.07) is 8.40. The third kappa shape index (κ3) is 5.81. The Morgan fingerprint density at radius 1 is 1.17 bits per heavy atom. The zero-order valence-corrected chi connectivity index (χ0v) is 18.1. The molecule has 0 fully saturated rings. The van der Waals surface area contributed by atoms with Crippen molar-refractivity contribution in [2.75, 3.05) is 27.9 Å². The fourth-order valence-electron chi connectivity index (χ4n) is 2.16. The number of nitrogens with zero attached hydrogens (tertiary/aromatic N) is 3. The number of benzene rings is 1. The summed E-state index contributed by atoms with van der Waals surface area (Å²) >= 11 is 3.82. The topological polar surface area (TPSA) is 156 Å². The predicted molar refractivity (Wildman–Crippen MR) is 119 cm³/mol. The maximum absolute atomic E-state index is 12.3. The van der Waals surface area contributed by atoms with Crippen molar-refractivity contribution in [1.29, 1.82) is 0 Å². The van der Waals surface area contributed by atoms with E-state index >= 15 is 0 Å². The van der Waals surface area contributed by atoms with Gasteiger partial charge in [-0.05, 0) is 17.9 Å². The molecule has 3 aromatic rings. The third-order valence-electron chi connectivity index (χ3n) is 3.46. The third-order valence-corrected chi connectivity index (χ3v) is 6.19. The van der Waals surface area contributed by atoms with Gasteiger partial charge in [-0.2, -0.15) is 0 Å². The van der Waals surface area contributed by atoms with Gasteiger partial charge in [-0.25, -0.2) is 4.98 Å². The average Bonchev–Trinajstić information content (AvgIpc) is 3.16. The fraction of sp³-hybridized carbons (Fsp3) is 0.176. The molecule has 13 heteroatoms. The van der Waals surface area contributed by atoms with E-state index in [1.54, 1.807) is 30.3 Å². The van der Waals surface area contributed by atoms with Crippen LogP contribution in [0.2, 0.25) is 0 Å². The summed E-state index contributed by atoms with van der Waals surface area (Å²) < 4.78 is 0.771. The Bertz CT molecular complexity index is 1100. The lowest BCUT2D eigenvalue weighted by Crippen LogP contribution is -2.23. The van der Waals surface area contributed by atoms with E-state index in [9.17, 15) is 14.4 Å². The predicted octanol–water partition coefficient (Wildman–Crippen LogP) is 2.30. The van der Waals surface area contributed by atoms with Crippen molar-refractivity contribution in [2.24, 2.45) is 0 Å². The minimum Gasteiger partial charge on any atom is -0.382 e. The molecular formula is C17H17N7O3S3. The van der Waals surface area contributed by atoms with Crippen molar-refractivity contribution in [3.8, 4) is 0 Å². The lowest BCUT2D eigenvalue weighted by atomic mass is 10.2. The number of carbonyl (C=O) groups is 2. The molecule has 0 radical (unpaired) electrons. The summed E-state index contributed by atoms with van der Waals surface area (Å²) in [5.74, 6) is -0.107. The van der Waals surface area contributed by atoms with E-state index in [2.05, 4.69) is 30.8 Å². The molecule has 0 bridgehead atoms. The number of hydrogen-bond acceptors (Lipinski definition) is 10. The smallest absolute Gasteiger partial charge is 0.277 e. The van der Waals surface area contributed by atoms with Crippen LogP contribution < -0.4 is 21.9 Å². The van der Waals surface area contributed by atoms with Gasteiger partial charge in [-0.1, -0.05) is 60.0 Å². The van der Waals surface area contributed by atoms with E-state index in [4.69, 9.17) is 5.73 Å². The zero-order chi connectivity index (χ0) is 21.5. The van der Waals surface area contributed by atoms with Crippen LogP contribution in [0.3, 0.4) is 0 Å². The minimum atomic E-state index is -0.611. The maximum Gasteiger partial charge on any atom is 0.277 e. The van der Waals surface area contributed by atoms with Crippen molar-refractivity contribution >= 4 is 63.3 Å². The van der Waals surface area contributed by atoms with Gasteiger partial charge in [-0.15, -0.1) is 10.2 Å². The number of nitrogens with two attached hydrogens (primary N) is 1. The molecule has 0 atom stereocenters. The molecule has 3 rings (SSSR count). The molecular weight excluding hydrogens is 446 g/mol. The molecule has 0 saturated heterocycles. The Labute approximate surface area is 183 Å². The SMILES string of the molecule is CCSc1nnc(NC(=O)CSc2nc(N)c(NC(=O)c3ccccc3)c(=O)[nH]2)s1. The first-order valence-corrected chi connectivity index (χ1v) is 11.4. The van der Waals surface area contributed by atoms with E-state index in [1.807, 2.05) is 6.92 Å².